The van der Waals surface area contributed by atoms with Crippen molar-refractivity contribution in [3.05, 3.63) is 29.3 Å². The summed E-state index contributed by atoms with van der Waals surface area (Å²) in [7, 11) is 0. The van der Waals surface area contributed by atoms with Crippen molar-refractivity contribution >= 4 is 17.7 Å². The topological polar surface area (TPSA) is 58.6 Å². The zero-order valence-electron chi connectivity index (χ0n) is 12.1. The van der Waals surface area contributed by atoms with Crippen LogP contribution in [0, 0.1) is 0 Å². The summed E-state index contributed by atoms with van der Waals surface area (Å²) < 4.78 is 5.09. The van der Waals surface area contributed by atoms with E-state index < -0.39 is 0 Å². The lowest BCUT2D eigenvalue weighted by molar-refractivity contribution is 0.0480. The molecule has 0 aromatic heterocycles. The molecule has 2 N–H and O–H groups in total. The maximum Gasteiger partial charge on any atom is 0.407 e. The van der Waals surface area contributed by atoms with E-state index in [0.717, 1.165) is 12.8 Å². The van der Waals surface area contributed by atoms with Crippen molar-refractivity contribution in [3.63, 3.8) is 0 Å². The summed E-state index contributed by atoms with van der Waals surface area (Å²) in [4.78, 5) is 11.1. The van der Waals surface area contributed by atoms with Gasteiger partial charge >= 0.3 is 6.09 Å². The zero-order valence-corrected chi connectivity index (χ0v) is 12.9. The minimum Gasteiger partial charge on any atom is -0.508 e. The van der Waals surface area contributed by atoms with Crippen LogP contribution in [0.1, 0.15) is 40.0 Å². The summed E-state index contributed by atoms with van der Waals surface area (Å²) >= 11 is 5.50. The molecule has 0 unspecified atom stereocenters. The lowest BCUT2D eigenvalue weighted by atomic mass is 9.93. The third-order valence-electron chi connectivity index (χ3n) is 2.65. The highest BCUT2D eigenvalue weighted by Gasteiger charge is 2.22. The molecule has 5 heteroatoms. The fraction of sp³-hybridized carbons (Fsp3) is 0.533. The first-order valence-corrected chi connectivity index (χ1v) is 7.08. The molecule has 4 nitrogen and oxygen atoms in total. The van der Waals surface area contributed by atoms with E-state index in [1.165, 1.54) is 6.42 Å². The van der Waals surface area contributed by atoms with Crippen molar-refractivity contribution in [2.75, 3.05) is 0 Å². The van der Waals surface area contributed by atoms with Gasteiger partial charge in [-0.15, -0.1) is 0 Å². The van der Waals surface area contributed by atoms with Gasteiger partial charge in [0.15, 0.2) is 0 Å². The highest BCUT2D eigenvalue weighted by atomic mass is 35.5. The number of aromatic hydroxyl groups is 1. The SMILES string of the molecule is CC(C)(C)OC(=O)NC1CCC1.Oc1ccc(Cl)cc1. The fourth-order valence-corrected chi connectivity index (χ4v) is 1.59. The van der Waals surface area contributed by atoms with Gasteiger partial charge in [0, 0.05) is 11.1 Å². The number of hydrogen-bond donors (Lipinski definition) is 2. The highest BCUT2D eigenvalue weighted by molar-refractivity contribution is 6.30. The summed E-state index contributed by atoms with van der Waals surface area (Å²) in [6.45, 7) is 5.61. The van der Waals surface area contributed by atoms with E-state index in [4.69, 9.17) is 21.4 Å². The molecule has 2 rings (SSSR count). The molecular weight excluding hydrogens is 278 g/mol. The molecule has 0 bridgehead atoms. The zero-order chi connectivity index (χ0) is 15.2. The summed E-state index contributed by atoms with van der Waals surface area (Å²) in [5.41, 5.74) is -0.381. The van der Waals surface area contributed by atoms with Gasteiger partial charge in [-0.2, -0.15) is 0 Å². The summed E-state index contributed by atoms with van der Waals surface area (Å²) in [5.74, 6) is 0.245. The van der Waals surface area contributed by atoms with Crippen molar-refractivity contribution < 1.29 is 14.6 Å². The van der Waals surface area contributed by atoms with Crippen LogP contribution >= 0.6 is 11.6 Å². The summed E-state index contributed by atoms with van der Waals surface area (Å²) in [6.07, 6.45) is 3.13. The Morgan fingerprint density at radius 3 is 2.20 bits per heavy atom. The van der Waals surface area contributed by atoms with E-state index in [0.29, 0.717) is 11.1 Å². The molecular formula is C15H22ClNO3. The van der Waals surface area contributed by atoms with Crippen LogP contribution in [0.5, 0.6) is 5.75 Å². The molecule has 1 aromatic rings. The second kappa shape index (κ2) is 7.39. The van der Waals surface area contributed by atoms with Gasteiger partial charge in [-0.05, 0) is 64.3 Å². The fourth-order valence-electron chi connectivity index (χ4n) is 1.47. The van der Waals surface area contributed by atoms with Crippen LogP contribution in [0.3, 0.4) is 0 Å². The number of carbonyl (C=O) groups excluding carboxylic acids is 1. The molecule has 1 amide bonds. The van der Waals surface area contributed by atoms with Gasteiger partial charge < -0.3 is 15.2 Å². The molecule has 0 aliphatic heterocycles. The molecule has 1 aliphatic rings. The minimum absolute atomic E-state index is 0.245. The van der Waals surface area contributed by atoms with Crippen LogP contribution in [0.25, 0.3) is 0 Å². The number of hydrogen-bond acceptors (Lipinski definition) is 3. The number of amides is 1. The second-order valence-corrected chi connectivity index (χ2v) is 6.19. The van der Waals surface area contributed by atoms with Gasteiger partial charge in [0.1, 0.15) is 11.4 Å². The van der Waals surface area contributed by atoms with Crippen LogP contribution in [-0.2, 0) is 4.74 Å². The molecule has 0 heterocycles. The molecule has 0 spiro atoms. The van der Waals surface area contributed by atoms with Crippen molar-refractivity contribution in [3.8, 4) is 5.75 Å². The smallest absolute Gasteiger partial charge is 0.407 e. The Labute approximate surface area is 125 Å². The molecule has 20 heavy (non-hydrogen) atoms. The second-order valence-electron chi connectivity index (χ2n) is 5.75. The Bertz CT molecular complexity index is 401. The maximum absolute atomic E-state index is 11.1. The molecule has 1 aromatic carbocycles. The molecule has 1 fully saturated rings. The predicted octanol–water partition coefficient (Wildman–Crippen LogP) is 4.11. The number of rotatable bonds is 1. The van der Waals surface area contributed by atoms with E-state index in [2.05, 4.69) is 5.32 Å². The Kier molecular flexibility index (Phi) is 6.14. The third-order valence-corrected chi connectivity index (χ3v) is 2.90. The van der Waals surface area contributed by atoms with Crippen molar-refractivity contribution in [2.45, 2.75) is 51.7 Å². The number of nitrogens with one attached hydrogen (secondary N) is 1. The maximum atomic E-state index is 11.1. The Balaban J connectivity index is 0.000000217. The summed E-state index contributed by atoms with van der Waals surface area (Å²) in [5, 5.41) is 12.2. The highest BCUT2D eigenvalue weighted by Crippen LogP contribution is 2.18. The van der Waals surface area contributed by atoms with E-state index >= 15 is 0 Å². The normalized spacial score (nSPS) is 14.6. The van der Waals surface area contributed by atoms with Crippen LogP contribution in [0.4, 0.5) is 4.79 Å². The van der Waals surface area contributed by atoms with E-state index in [1.54, 1.807) is 24.3 Å². The monoisotopic (exact) mass is 299 g/mol. The first kappa shape index (κ1) is 16.6. The number of ether oxygens (including phenoxy) is 1. The standard InChI is InChI=1S/C9H17NO2.C6H5ClO/c1-9(2,3)12-8(11)10-7-5-4-6-7;7-5-1-3-6(8)4-2-5/h7H,4-6H2,1-3H3,(H,10,11);1-4,8H. The third kappa shape index (κ3) is 7.24. The van der Waals surface area contributed by atoms with Gasteiger partial charge in [0.2, 0.25) is 0 Å². The van der Waals surface area contributed by atoms with Gasteiger partial charge in [0.05, 0.1) is 0 Å². The lowest BCUT2D eigenvalue weighted by Crippen LogP contribution is -2.42. The van der Waals surface area contributed by atoms with Crippen LogP contribution in [0.15, 0.2) is 24.3 Å². The van der Waals surface area contributed by atoms with Gasteiger partial charge in [-0.25, -0.2) is 4.79 Å². The number of carbonyl (C=O) groups is 1. The minimum atomic E-state index is -0.381. The van der Waals surface area contributed by atoms with Gasteiger partial charge in [0.25, 0.3) is 0 Å². The number of halogens is 1. The average Bonchev–Trinajstić information content (AvgIpc) is 2.26. The Hall–Kier alpha value is -1.42. The van der Waals surface area contributed by atoms with Crippen LogP contribution < -0.4 is 5.32 Å². The Morgan fingerprint density at radius 2 is 1.85 bits per heavy atom. The van der Waals surface area contributed by atoms with Gasteiger partial charge in [-0.3, -0.25) is 0 Å². The number of alkyl carbamates (subject to hydrolysis) is 1. The number of phenolic OH excluding ortho intramolecular Hbond substituents is 1. The molecule has 0 saturated heterocycles. The first-order valence-electron chi connectivity index (χ1n) is 6.70. The largest absolute Gasteiger partial charge is 0.508 e. The summed E-state index contributed by atoms with van der Waals surface area (Å²) in [6, 6.07) is 6.72. The molecule has 1 aliphatic carbocycles. The van der Waals surface area contributed by atoms with Crippen molar-refractivity contribution in [2.24, 2.45) is 0 Å². The average molecular weight is 300 g/mol. The van der Waals surface area contributed by atoms with Crippen molar-refractivity contribution in [1.29, 1.82) is 0 Å². The number of benzene rings is 1. The first-order chi connectivity index (χ1) is 9.26. The van der Waals surface area contributed by atoms with E-state index in [1.807, 2.05) is 20.8 Å². The van der Waals surface area contributed by atoms with Crippen molar-refractivity contribution in [1.82, 2.24) is 5.32 Å². The Morgan fingerprint density at radius 1 is 1.30 bits per heavy atom. The number of phenols is 1. The van der Waals surface area contributed by atoms with Gasteiger partial charge in [-0.1, -0.05) is 11.6 Å². The molecule has 0 radical (unpaired) electrons. The van der Waals surface area contributed by atoms with E-state index in [9.17, 15) is 4.79 Å². The van der Waals surface area contributed by atoms with E-state index in [-0.39, 0.29) is 17.4 Å². The van der Waals surface area contributed by atoms with Crippen LogP contribution in [-0.4, -0.2) is 22.8 Å². The predicted molar refractivity (Wildman–Crippen MR) is 80.1 cm³/mol. The van der Waals surface area contributed by atoms with Crippen LogP contribution in [0.2, 0.25) is 5.02 Å². The molecule has 0 atom stereocenters. The quantitative estimate of drug-likeness (QED) is 0.820. The molecule has 1 saturated carbocycles. The molecule has 112 valence electrons. The lowest BCUT2D eigenvalue weighted by Gasteiger charge is -2.28.